The lowest BCUT2D eigenvalue weighted by Gasteiger charge is -2.13. The maximum absolute atomic E-state index is 10.4. The Kier molecular flexibility index (Phi) is 4.64. The van der Waals surface area contributed by atoms with E-state index in [4.69, 9.17) is 14.9 Å². The summed E-state index contributed by atoms with van der Waals surface area (Å²) in [5, 5.41) is 6.63. The van der Waals surface area contributed by atoms with Crippen LogP contribution in [0, 0.1) is 5.16 Å². The van der Waals surface area contributed by atoms with Crippen LogP contribution in [0.3, 0.4) is 0 Å². The van der Waals surface area contributed by atoms with Gasteiger partial charge in [0.05, 0.1) is 0 Å². The highest BCUT2D eigenvalue weighted by molar-refractivity contribution is 7.83. The highest BCUT2D eigenvalue weighted by Crippen LogP contribution is 2.61. The van der Waals surface area contributed by atoms with Crippen LogP contribution in [-0.4, -0.2) is 9.79 Å². The Bertz CT molecular complexity index is 193. The number of phosphoric acid groups is 1. The molecule has 0 fully saturated rings. The molecule has 0 aliphatic heterocycles. The maximum Gasteiger partial charge on any atom is 0.490 e. The number of thiol groups is 2. The van der Waals surface area contributed by atoms with Crippen molar-refractivity contribution in [3.63, 3.8) is 0 Å². The second-order valence-corrected chi connectivity index (χ2v) is 5.17. The molecule has 2 atom stereocenters. The van der Waals surface area contributed by atoms with E-state index >= 15 is 0 Å². The average Bonchev–Trinajstić information content (AvgIpc) is 1.86. The van der Waals surface area contributed by atoms with Gasteiger partial charge in [-0.15, -0.1) is 0 Å². The average molecular weight is 241 g/mol. The van der Waals surface area contributed by atoms with Crippen LogP contribution in [-0.2, 0) is 16.8 Å². The molecular weight excluding hydrogens is 236 g/mol. The predicted octanol–water partition coefficient (Wildman–Crippen LogP) is 1.34. The number of nitrogens with one attached hydrogen (secondary N) is 1. The van der Waals surface area contributed by atoms with E-state index in [-0.39, 0.29) is 0 Å². The highest BCUT2D eigenvalue weighted by atomic mass is 32.1. The van der Waals surface area contributed by atoms with E-state index in [9.17, 15) is 4.57 Å². The monoisotopic (exact) mass is 241 g/mol. The van der Waals surface area contributed by atoms with Crippen molar-refractivity contribution in [2.45, 2.75) is 0 Å². The second kappa shape index (κ2) is 4.27. The minimum atomic E-state index is -4.51. The summed E-state index contributed by atoms with van der Waals surface area (Å²) in [5.41, 5.74) is 0. The van der Waals surface area contributed by atoms with Gasteiger partial charge in [0.15, 0.2) is 0 Å². The summed E-state index contributed by atoms with van der Waals surface area (Å²) in [4.78, 5) is 17.1. The van der Waals surface area contributed by atoms with Crippen molar-refractivity contribution in [2.75, 3.05) is 0 Å². The van der Waals surface area contributed by atoms with Crippen molar-refractivity contribution in [1.29, 1.82) is 5.16 Å². The van der Waals surface area contributed by atoms with Crippen LogP contribution in [0.25, 0.3) is 0 Å². The molecule has 3 N–H and O–H groups in total. The van der Waals surface area contributed by atoms with Crippen LogP contribution in [0.1, 0.15) is 0 Å². The third kappa shape index (κ3) is 5.24. The summed E-state index contributed by atoms with van der Waals surface area (Å²) in [6.07, 6.45) is 0. The van der Waals surface area contributed by atoms with Crippen molar-refractivity contribution in [3.05, 3.63) is 0 Å². The van der Waals surface area contributed by atoms with E-state index in [1.165, 1.54) is 0 Å². The molecule has 0 saturated carbocycles. The molecule has 0 aromatic carbocycles. The SMILES string of the molecule is N=P(O)(OS)OP(=O)(O)OS. The first-order valence-corrected chi connectivity index (χ1v) is 5.70. The van der Waals surface area contributed by atoms with Crippen LogP contribution in [0.5, 0.6) is 0 Å². The summed E-state index contributed by atoms with van der Waals surface area (Å²) >= 11 is 5.98. The zero-order valence-corrected chi connectivity index (χ0v) is 8.39. The standard InChI is InChI=1S/H5NO6P2S2/c1-8(2,6-10)5-9(3,4)7-11/h10-11H,(H2,1,2)(H,3,4). The van der Waals surface area contributed by atoms with Gasteiger partial charge in [-0.3, -0.25) is 0 Å². The first kappa shape index (κ1) is 12.0. The highest BCUT2D eigenvalue weighted by Gasteiger charge is 2.30. The molecule has 0 saturated heterocycles. The van der Waals surface area contributed by atoms with Gasteiger partial charge in [0.1, 0.15) is 0 Å². The summed E-state index contributed by atoms with van der Waals surface area (Å²) < 4.78 is 21.5. The third-order valence-corrected chi connectivity index (χ3v) is 3.85. The molecular formula is H5NO6P2S2. The first-order chi connectivity index (χ1) is 4.83. The van der Waals surface area contributed by atoms with Gasteiger partial charge in [-0.1, -0.05) is 0 Å². The van der Waals surface area contributed by atoms with E-state index in [2.05, 4.69) is 38.1 Å². The lowest BCUT2D eigenvalue weighted by atomic mass is 14.0. The topological polar surface area (TPSA) is 109 Å². The van der Waals surface area contributed by atoms with Gasteiger partial charge in [0, 0.05) is 0 Å². The number of rotatable bonds is 4. The third-order valence-electron chi connectivity index (χ3n) is 0.428. The Labute approximate surface area is 73.6 Å². The van der Waals surface area contributed by atoms with Crippen LogP contribution in [0.4, 0.5) is 0 Å². The number of hydrogen-bond acceptors (Lipinski definition) is 7. The lowest BCUT2D eigenvalue weighted by molar-refractivity contribution is 0.280. The first-order valence-electron chi connectivity index (χ1n) is 1.90. The molecule has 68 valence electrons. The summed E-state index contributed by atoms with van der Waals surface area (Å²) in [6, 6.07) is 0. The largest absolute Gasteiger partial charge is 0.490 e. The van der Waals surface area contributed by atoms with E-state index in [1.54, 1.807) is 0 Å². The fourth-order valence-corrected chi connectivity index (χ4v) is 2.06. The van der Waals surface area contributed by atoms with Gasteiger partial charge >= 0.3 is 15.6 Å². The quantitative estimate of drug-likeness (QED) is 0.288. The minimum Gasteiger partial charge on any atom is -0.318 e. The second-order valence-electron chi connectivity index (χ2n) is 1.23. The molecule has 0 aliphatic carbocycles. The Morgan fingerprint density at radius 1 is 1.27 bits per heavy atom. The molecule has 11 heavy (non-hydrogen) atoms. The van der Waals surface area contributed by atoms with Crippen LogP contribution < -0.4 is 0 Å². The zero-order chi connectivity index (χ0) is 9.12. The normalized spacial score (nSPS) is 22.2. The van der Waals surface area contributed by atoms with Gasteiger partial charge in [0.25, 0.3) is 0 Å². The molecule has 0 aliphatic rings. The van der Waals surface area contributed by atoms with Crippen molar-refractivity contribution in [3.8, 4) is 0 Å². The lowest BCUT2D eigenvalue weighted by Crippen LogP contribution is -1.87. The van der Waals surface area contributed by atoms with Crippen molar-refractivity contribution >= 4 is 41.4 Å². The summed E-state index contributed by atoms with van der Waals surface area (Å²) in [5.74, 6) is 0. The Morgan fingerprint density at radius 2 is 1.73 bits per heavy atom. The molecule has 2 unspecified atom stereocenters. The molecule has 0 aromatic rings. The molecule has 0 amide bonds. The molecule has 0 heterocycles. The van der Waals surface area contributed by atoms with Crippen molar-refractivity contribution in [1.82, 2.24) is 0 Å². The zero-order valence-electron chi connectivity index (χ0n) is 4.82. The number of hydrogen-bond donors (Lipinski definition) is 5. The summed E-state index contributed by atoms with van der Waals surface area (Å²) in [7, 11) is -8.64. The Hall–Kier alpha value is 0.960. The summed E-state index contributed by atoms with van der Waals surface area (Å²) in [6.45, 7) is 0. The van der Waals surface area contributed by atoms with E-state index in [1.807, 2.05) is 0 Å². The maximum atomic E-state index is 10.4. The Morgan fingerprint density at radius 3 is 2.00 bits per heavy atom. The van der Waals surface area contributed by atoms with E-state index in [0.717, 1.165) is 0 Å². The fourth-order valence-electron chi connectivity index (χ4n) is 0.170. The predicted molar refractivity (Wildman–Crippen MR) is 42.9 cm³/mol. The molecule has 11 heteroatoms. The minimum absolute atomic E-state index is 2.96. The molecule has 0 aromatic heterocycles. The van der Waals surface area contributed by atoms with E-state index in [0.29, 0.717) is 0 Å². The molecule has 0 radical (unpaired) electrons. The van der Waals surface area contributed by atoms with Crippen molar-refractivity contribution < 1.29 is 26.6 Å². The van der Waals surface area contributed by atoms with Gasteiger partial charge in [-0.05, 0) is 25.8 Å². The molecule has 0 spiro atoms. The van der Waals surface area contributed by atoms with Crippen LogP contribution in [0.2, 0.25) is 0 Å². The van der Waals surface area contributed by atoms with Crippen molar-refractivity contribution in [2.24, 2.45) is 0 Å². The van der Waals surface area contributed by atoms with Crippen LogP contribution >= 0.6 is 41.4 Å². The Balaban J connectivity index is 4.26. The smallest absolute Gasteiger partial charge is 0.318 e. The van der Waals surface area contributed by atoms with Crippen LogP contribution in [0.15, 0.2) is 0 Å². The van der Waals surface area contributed by atoms with Gasteiger partial charge < -0.3 is 9.79 Å². The fraction of sp³-hybridized carbons (Fsp3) is 0. The van der Waals surface area contributed by atoms with Gasteiger partial charge in [-0.25, -0.2) is 17.7 Å². The molecule has 0 bridgehead atoms. The van der Waals surface area contributed by atoms with Gasteiger partial charge in [0.2, 0.25) is 0 Å². The molecule has 7 nitrogen and oxygen atoms in total. The molecule has 0 rings (SSSR count). The van der Waals surface area contributed by atoms with E-state index < -0.39 is 15.6 Å². The van der Waals surface area contributed by atoms with Gasteiger partial charge in [-0.2, -0.15) is 4.31 Å².